The summed E-state index contributed by atoms with van der Waals surface area (Å²) in [5, 5.41) is 0. The highest BCUT2D eigenvalue weighted by atomic mass is 16.2. The fourth-order valence-corrected chi connectivity index (χ4v) is 2.90. The van der Waals surface area contributed by atoms with Crippen molar-refractivity contribution in [3.63, 3.8) is 0 Å². The third-order valence-corrected chi connectivity index (χ3v) is 4.18. The summed E-state index contributed by atoms with van der Waals surface area (Å²) in [5.74, 6) is -0.626. The molecule has 2 aliphatic heterocycles. The van der Waals surface area contributed by atoms with Crippen LogP contribution < -0.4 is 5.73 Å². The van der Waals surface area contributed by atoms with E-state index >= 15 is 0 Å². The molecule has 2 N–H and O–H groups in total. The lowest BCUT2D eigenvalue weighted by Crippen LogP contribution is -2.54. The Morgan fingerprint density at radius 1 is 0.750 bits per heavy atom. The molecule has 0 atom stereocenters. The molecule has 0 aromatic rings. The zero-order chi connectivity index (χ0) is 14.4. The molecule has 0 aromatic heterocycles. The zero-order valence-corrected chi connectivity index (χ0v) is 12.2. The van der Waals surface area contributed by atoms with E-state index in [2.05, 4.69) is 4.90 Å². The standard InChI is InChI=1S/C14H26N4O2/c15-5-8-16-9-11-18(12-10-16)14(20)13(19)17-6-3-1-2-4-7-17/h1-12,15H2. The Balaban J connectivity index is 1.83. The fraction of sp³-hybridized carbons (Fsp3) is 0.857. The second-order valence-corrected chi connectivity index (χ2v) is 5.63. The minimum atomic E-state index is -0.320. The fourth-order valence-electron chi connectivity index (χ4n) is 2.90. The monoisotopic (exact) mass is 282 g/mol. The van der Waals surface area contributed by atoms with Gasteiger partial charge in [-0.25, -0.2) is 0 Å². The molecular weight excluding hydrogens is 256 g/mol. The number of hydrogen-bond donors (Lipinski definition) is 1. The van der Waals surface area contributed by atoms with E-state index in [0.29, 0.717) is 19.6 Å². The highest BCUT2D eigenvalue weighted by Crippen LogP contribution is 2.11. The third kappa shape index (κ3) is 3.93. The van der Waals surface area contributed by atoms with Gasteiger partial charge in [0.2, 0.25) is 0 Å². The average molecular weight is 282 g/mol. The second kappa shape index (κ2) is 7.59. The summed E-state index contributed by atoms with van der Waals surface area (Å²) in [6, 6.07) is 0. The van der Waals surface area contributed by atoms with Crippen LogP contribution in [0.15, 0.2) is 0 Å². The zero-order valence-electron chi connectivity index (χ0n) is 12.2. The Hall–Kier alpha value is -1.14. The number of carbonyl (C=O) groups excluding carboxylic acids is 2. The number of piperazine rings is 1. The van der Waals surface area contributed by atoms with Gasteiger partial charge in [-0.15, -0.1) is 0 Å². The Morgan fingerprint density at radius 2 is 1.25 bits per heavy atom. The van der Waals surface area contributed by atoms with Gasteiger partial charge < -0.3 is 15.5 Å². The molecule has 0 spiro atoms. The molecule has 0 aliphatic carbocycles. The van der Waals surface area contributed by atoms with Gasteiger partial charge in [-0.1, -0.05) is 12.8 Å². The highest BCUT2D eigenvalue weighted by Gasteiger charge is 2.29. The first kappa shape index (κ1) is 15.3. The normalized spacial score (nSPS) is 21.6. The summed E-state index contributed by atoms with van der Waals surface area (Å²) in [4.78, 5) is 30.2. The quantitative estimate of drug-likeness (QED) is 0.693. The van der Waals surface area contributed by atoms with Gasteiger partial charge in [-0.2, -0.15) is 0 Å². The van der Waals surface area contributed by atoms with Crippen molar-refractivity contribution in [3.8, 4) is 0 Å². The van der Waals surface area contributed by atoms with Gasteiger partial charge >= 0.3 is 11.8 Å². The van der Waals surface area contributed by atoms with Gasteiger partial charge in [0.15, 0.2) is 0 Å². The molecule has 2 heterocycles. The number of hydrogen-bond acceptors (Lipinski definition) is 4. The number of nitrogens with two attached hydrogens (primary N) is 1. The number of rotatable bonds is 2. The van der Waals surface area contributed by atoms with E-state index in [1.165, 1.54) is 0 Å². The molecule has 6 nitrogen and oxygen atoms in total. The van der Waals surface area contributed by atoms with E-state index in [1.54, 1.807) is 9.80 Å². The van der Waals surface area contributed by atoms with E-state index in [9.17, 15) is 9.59 Å². The lowest BCUT2D eigenvalue weighted by atomic mass is 10.2. The molecule has 2 saturated heterocycles. The number of nitrogens with zero attached hydrogens (tertiary/aromatic N) is 3. The summed E-state index contributed by atoms with van der Waals surface area (Å²) in [5.41, 5.74) is 5.53. The van der Waals surface area contributed by atoms with Gasteiger partial charge in [-0.3, -0.25) is 14.5 Å². The average Bonchev–Trinajstić information content (AvgIpc) is 2.76. The molecule has 0 unspecified atom stereocenters. The van der Waals surface area contributed by atoms with Gasteiger partial charge in [0.25, 0.3) is 0 Å². The van der Waals surface area contributed by atoms with E-state index in [-0.39, 0.29) is 11.8 Å². The molecule has 114 valence electrons. The van der Waals surface area contributed by atoms with Crippen LogP contribution in [0.3, 0.4) is 0 Å². The summed E-state index contributed by atoms with van der Waals surface area (Å²) in [6.07, 6.45) is 4.36. The molecule has 2 amide bonds. The largest absolute Gasteiger partial charge is 0.334 e. The summed E-state index contributed by atoms with van der Waals surface area (Å²) < 4.78 is 0. The van der Waals surface area contributed by atoms with Gasteiger partial charge in [0.1, 0.15) is 0 Å². The molecule has 20 heavy (non-hydrogen) atoms. The van der Waals surface area contributed by atoms with Crippen LogP contribution in [0.5, 0.6) is 0 Å². The van der Waals surface area contributed by atoms with Crippen LogP contribution in [-0.2, 0) is 9.59 Å². The number of carbonyl (C=O) groups is 2. The second-order valence-electron chi connectivity index (χ2n) is 5.63. The first-order chi connectivity index (χ1) is 9.72. The highest BCUT2D eigenvalue weighted by molar-refractivity contribution is 6.34. The molecule has 0 bridgehead atoms. The van der Waals surface area contributed by atoms with Crippen LogP contribution in [0.1, 0.15) is 25.7 Å². The van der Waals surface area contributed by atoms with Crippen molar-refractivity contribution >= 4 is 11.8 Å². The lowest BCUT2D eigenvalue weighted by Gasteiger charge is -2.35. The van der Waals surface area contributed by atoms with E-state index in [4.69, 9.17) is 5.73 Å². The van der Waals surface area contributed by atoms with Crippen LogP contribution in [0.4, 0.5) is 0 Å². The minimum Gasteiger partial charge on any atom is -0.334 e. The Kier molecular flexibility index (Phi) is 5.79. The molecular formula is C14H26N4O2. The molecule has 0 aromatic carbocycles. The van der Waals surface area contributed by atoms with Gasteiger partial charge in [0, 0.05) is 52.4 Å². The van der Waals surface area contributed by atoms with Crippen molar-refractivity contribution in [2.75, 3.05) is 52.4 Å². The topological polar surface area (TPSA) is 69.9 Å². The summed E-state index contributed by atoms with van der Waals surface area (Å²) in [6.45, 7) is 5.88. The summed E-state index contributed by atoms with van der Waals surface area (Å²) in [7, 11) is 0. The minimum absolute atomic E-state index is 0.306. The van der Waals surface area contributed by atoms with Crippen LogP contribution in [0, 0.1) is 0 Å². The Morgan fingerprint density at radius 3 is 1.75 bits per heavy atom. The van der Waals surface area contributed by atoms with Crippen LogP contribution in [-0.4, -0.2) is 78.9 Å². The maximum atomic E-state index is 12.3. The Labute approximate surface area is 120 Å². The molecule has 2 rings (SSSR count). The van der Waals surface area contributed by atoms with E-state index in [0.717, 1.165) is 58.4 Å². The van der Waals surface area contributed by atoms with Crippen LogP contribution in [0.2, 0.25) is 0 Å². The van der Waals surface area contributed by atoms with Crippen LogP contribution in [0.25, 0.3) is 0 Å². The van der Waals surface area contributed by atoms with E-state index < -0.39 is 0 Å². The van der Waals surface area contributed by atoms with Crippen molar-refractivity contribution in [2.24, 2.45) is 5.73 Å². The Bertz CT molecular complexity index is 332. The molecule has 6 heteroatoms. The first-order valence-electron chi connectivity index (χ1n) is 7.73. The molecule has 0 saturated carbocycles. The van der Waals surface area contributed by atoms with E-state index in [1.807, 2.05) is 0 Å². The van der Waals surface area contributed by atoms with Crippen molar-refractivity contribution in [3.05, 3.63) is 0 Å². The molecule has 2 fully saturated rings. The third-order valence-electron chi connectivity index (χ3n) is 4.18. The van der Waals surface area contributed by atoms with Crippen molar-refractivity contribution in [1.82, 2.24) is 14.7 Å². The van der Waals surface area contributed by atoms with Crippen molar-refractivity contribution < 1.29 is 9.59 Å². The SMILES string of the molecule is NCCN1CCN(C(=O)C(=O)N2CCCCCC2)CC1. The van der Waals surface area contributed by atoms with Crippen LogP contribution >= 0.6 is 0 Å². The van der Waals surface area contributed by atoms with Gasteiger partial charge in [-0.05, 0) is 12.8 Å². The number of amides is 2. The lowest BCUT2D eigenvalue weighted by molar-refractivity contribution is -0.152. The maximum Gasteiger partial charge on any atom is 0.312 e. The predicted octanol–water partition coefficient (Wildman–Crippen LogP) is -0.508. The predicted molar refractivity (Wildman–Crippen MR) is 77.1 cm³/mol. The van der Waals surface area contributed by atoms with Gasteiger partial charge in [0.05, 0.1) is 0 Å². The van der Waals surface area contributed by atoms with Crippen molar-refractivity contribution in [1.29, 1.82) is 0 Å². The first-order valence-corrected chi connectivity index (χ1v) is 7.73. The summed E-state index contributed by atoms with van der Waals surface area (Å²) >= 11 is 0. The molecule has 2 aliphatic rings. The maximum absolute atomic E-state index is 12.3. The smallest absolute Gasteiger partial charge is 0.312 e. The molecule has 0 radical (unpaired) electrons. The van der Waals surface area contributed by atoms with Crippen molar-refractivity contribution in [2.45, 2.75) is 25.7 Å². The number of likely N-dealkylation sites (tertiary alicyclic amines) is 1.